The van der Waals surface area contributed by atoms with Gasteiger partial charge in [0.2, 0.25) is 5.75 Å². The van der Waals surface area contributed by atoms with Crippen molar-refractivity contribution in [1.82, 2.24) is 25.1 Å². The van der Waals surface area contributed by atoms with Crippen molar-refractivity contribution in [2.24, 2.45) is 0 Å². The van der Waals surface area contributed by atoms with E-state index < -0.39 is 46.6 Å². The fourth-order valence-electron chi connectivity index (χ4n) is 3.15. The molecule has 1 unspecified atom stereocenters. The molecule has 0 spiro atoms. The van der Waals surface area contributed by atoms with Crippen molar-refractivity contribution >= 4 is 17.7 Å². The molecular formula is C21H24FN5O6. The van der Waals surface area contributed by atoms with Gasteiger partial charge in [0.05, 0.1) is 6.10 Å². The van der Waals surface area contributed by atoms with Crippen LogP contribution in [0.4, 0.5) is 4.39 Å². The van der Waals surface area contributed by atoms with E-state index in [0.29, 0.717) is 12.0 Å². The summed E-state index contributed by atoms with van der Waals surface area (Å²) in [5.41, 5.74) is -0.611. The van der Waals surface area contributed by atoms with Crippen LogP contribution in [0, 0.1) is 5.82 Å². The number of ether oxygens (including phenoxy) is 1. The van der Waals surface area contributed by atoms with E-state index in [1.807, 2.05) is 0 Å². The molecule has 1 aromatic carbocycles. The van der Waals surface area contributed by atoms with Gasteiger partial charge in [0.15, 0.2) is 5.69 Å². The highest BCUT2D eigenvalue weighted by atomic mass is 19.1. The lowest BCUT2D eigenvalue weighted by Gasteiger charge is -2.16. The van der Waals surface area contributed by atoms with Crippen LogP contribution in [-0.2, 0) is 34.0 Å². The molecule has 1 aliphatic rings. The minimum Gasteiger partial charge on any atom is -0.501 e. The lowest BCUT2D eigenvalue weighted by molar-refractivity contribution is -0.144. The lowest BCUT2D eigenvalue weighted by atomic mass is 10.2. The van der Waals surface area contributed by atoms with Crippen LogP contribution in [0.3, 0.4) is 0 Å². The number of carbonyl (C=O) groups excluding carboxylic acids is 3. The standard InChI is InChI=1S/C21H24FN5O6/c1-26(2)21(32)19(30)24-10-14-7-8-27-15(11-33-14)25-16(17(28)20(27)31)18(29)23-9-12-3-5-13(22)6-4-12/h3-6,14,28H,7-11H2,1-2H3,(H,23,29)(H,24,30). The van der Waals surface area contributed by atoms with Gasteiger partial charge in [0, 0.05) is 33.7 Å². The lowest BCUT2D eigenvalue weighted by Crippen LogP contribution is -2.42. The molecule has 3 rings (SSSR count). The molecular weight excluding hydrogens is 437 g/mol. The number of benzene rings is 1. The first-order valence-corrected chi connectivity index (χ1v) is 10.1. The number of hydrogen-bond donors (Lipinski definition) is 3. The Morgan fingerprint density at radius 3 is 2.61 bits per heavy atom. The number of carbonyl (C=O) groups is 3. The number of halogens is 1. The van der Waals surface area contributed by atoms with Crippen LogP contribution in [-0.4, -0.2) is 64.0 Å². The van der Waals surface area contributed by atoms with Crippen molar-refractivity contribution in [1.29, 1.82) is 0 Å². The van der Waals surface area contributed by atoms with Crippen LogP contribution in [0.15, 0.2) is 29.1 Å². The zero-order valence-electron chi connectivity index (χ0n) is 18.1. The topological polar surface area (TPSA) is 143 Å². The van der Waals surface area contributed by atoms with E-state index in [1.165, 1.54) is 42.9 Å². The summed E-state index contributed by atoms with van der Waals surface area (Å²) in [4.78, 5) is 53.8. The van der Waals surface area contributed by atoms with Crippen LogP contribution >= 0.6 is 0 Å². The molecule has 11 nitrogen and oxygen atoms in total. The van der Waals surface area contributed by atoms with Crippen LogP contribution < -0.4 is 16.2 Å². The van der Waals surface area contributed by atoms with Crippen molar-refractivity contribution in [3.8, 4) is 5.75 Å². The Morgan fingerprint density at radius 1 is 1.24 bits per heavy atom. The fourth-order valence-corrected chi connectivity index (χ4v) is 3.15. The van der Waals surface area contributed by atoms with Gasteiger partial charge in [-0.2, -0.15) is 0 Å². The SMILES string of the molecule is CN(C)C(=O)C(=O)NCC1CCn2c(nc(C(=O)NCc3ccc(F)cc3)c(O)c2=O)CO1. The molecule has 0 aliphatic carbocycles. The van der Waals surface area contributed by atoms with Gasteiger partial charge in [-0.15, -0.1) is 0 Å². The van der Waals surface area contributed by atoms with Gasteiger partial charge in [-0.05, 0) is 24.1 Å². The summed E-state index contributed by atoms with van der Waals surface area (Å²) in [6.07, 6.45) is -0.205. The highest BCUT2D eigenvalue weighted by molar-refractivity contribution is 6.34. The number of rotatable bonds is 5. The average Bonchev–Trinajstić information content (AvgIpc) is 3.01. The molecule has 3 N–H and O–H groups in total. The van der Waals surface area contributed by atoms with Gasteiger partial charge in [-0.1, -0.05) is 12.1 Å². The second kappa shape index (κ2) is 10.2. The zero-order chi connectivity index (χ0) is 24.1. The summed E-state index contributed by atoms with van der Waals surface area (Å²) >= 11 is 0. The molecule has 0 saturated heterocycles. The highest BCUT2D eigenvalue weighted by Crippen LogP contribution is 2.16. The maximum absolute atomic E-state index is 13.0. The van der Waals surface area contributed by atoms with E-state index in [-0.39, 0.29) is 32.1 Å². The van der Waals surface area contributed by atoms with Crippen molar-refractivity contribution in [2.75, 3.05) is 20.6 Å². The first kappa shape index (κ1) is 23.9. The second-order valence-electron chi connectivity index (χ2n) is 7.62. The van der Waals surface area contributed by atoms with Gasteiger partial charge in [-0.25, -0.2) is 9.37 Å². The van der Waals surface area contributed by atoms with E-state index in [9.17, 15) is 28.7 Å². The minimum absolute atomic E-state index is 0.0398. The largest absolute Gasteiger partial charge is 0.501 e. The highest BCUT2D eigenvalue weighted by Gasteiger charge is 2.25. The first-order valence-electron chi connectivity index (χ1n) is 10.1. The van der Waals surface area contributed by atoms with E-state index in [4.69, 9.17) is 4.74 Å². The summed E-state index contributed by atoms with van der Waals surface area (Å²) in [5.74, 6) is -3.32. The number of aromatic nitrogens is 2. The van der Waals surface area contributed by atoms with Crippen LogP contribution in [0.2, 0.25) is 0 Å². The Hall–Kier alpha value is -3.80. The summed E-state index contributed by atoms with van der Waals surface area (Å²) in [6.45, 7) is 0.0744. The maximum atomic E-state index is 13.0. The van der Waals surface area contributed by atoms with Gasteiger partial charge >= 0.3 is 11.8 Å². The van der Waals surface area contributed by atoms with E-state index in [2.05, 4.69) is 15.6 Å². The molecule has 3 amide bonds. The minimum atomic E-state index is -0.793. The summed E-state index contributed by atoms with van der Waals surface area (Å²) in [5, 5.41) is 15.3. The Bertz CT molecular complexity index is 1120. The quantitative estimate of drug-likeness (QED) is 0.510. The van der Waals surface area contributed by atoms with Gasteiger partial charge in [-0.3, -0.25) is 23.7 Å². The molecule has 12 heteroatoms. The third-order valence-electron chi connectivity index (χ3n) is 5.02. The molecule has 33 heavy (non-hydrogen) atoms. The van der Waals surface area contributed by atoms with Crippen LogP contribution in [0.5, 0.6) is 5.75 Å². The fraction of sp³-hybridized carbons (Fsp3) is 0.381. The van der Waals surface area contributed by atoms with Crippen molar-refractivity contribution in [3.63, 3.8) is 0 Å². The smallest absolute Gasteiger partial charge is 0.311 e. The molecule has 0 fully saturated rings. The molecule has 0 radical (unpaired) electrons. The second-order valence-corrected chi connectivity index (χ2v) is 7.62. The average molecular weight is 461 g/mol. The summed E-state index contributed by atoms with van der Waals surface area (Å²) in [6, 6.07) is 5.48. The third kappa shape index (κ3) is 5.71. The number of fused-ring (bicyclic) bond motifs is 1. The summed E-state index contributed by atoms with van der Waals surface area (Å²) < 4.78 is 19.9. The van der Waals surface area contributed by atoms with E-state index in [0.717, 1.165) is 4.90 Å². The molecule has 0 bridgehead atoms. The molecule has 2 aromatic rings. The molecule has 1 aromatic heterocycles. The van der Waals surface area contributed by atoms with Crippen molar-refractivity contribution in [3.05, 3.63) is 57.5 Å². The Kier molecular flexibility index (Phi) is 7.38. The van der Waals surface area contributed by atoms with E-state index in [1.54, 1.807) is 0 Å². The Balaban J connectivity index is 1.67. The van der Waals surface area contributed by atoms with Crippen molar-refractivity contribution < 1.29 is 28.6 Å². The summed E-state index contributed by atoms with van der Waals surface area (Å²) in [7, 11) is 2.91. The number of hydrogen-bond acceptors (Lipinski definition) is 7. The molecule has 0 saturated carbocycles. The van der Waals surface area contributed by atoms with Crippen LogP contribution in [0.1, 0.15) is 28.3 Å². The Morgan fingerprint density at radius 2 is 1.94 bits per heavy atom. The van der Waals surface area contributed by atoms with E-state index >= 15 is 0 Å². The predicted molar refractivity (Wildman–Crippen MR) is 113 cm³/mol. The van der Waals surface area contributed by atoms with Gasteiger partial charge in [0.25, 0.3) is 11.5 Å². The zero-order valence-corrected chi connectivity index (χ0v) is 18.1. The number of likely N-dealkylation sites (N-methyl/N-ethyl adjacent to an activating group) is 1. The maximum Gasteiger partial charge on any atom is 0.311 e. The van der Waals surface area contributed by atoms with Gasteiger partial charge < -0.3 is 25.4 Å². The normalized spacial score (nSPS) is 15.2. The molecule has 1 aliphatic heterocycles. The molecule has 1 atom stereocenters. The van der Waals surface area contributed by atoms with Gasteiger partial charge in [0.1, 0.15) is 18.2 Å². The number of aromatic hydroxyl groups is 1. The number of nitrogens with zero attached hydrogens (tertiary/aromatic N) is 3. The monoisotopic (exact) mass is 461 g/mol. The predicted octanol–water partition coefficient (Wildman–Crippen LogP) is -0.489. The Labute approximate surface area is 188 Å². The number of nitrogens with one attached hydrogen (secondary N) is 2. The third-order valence-corrected chi connectivity index (χ3v) is 5.02. The van der Waals surface area contributed by atoms with Crippen molar-refractivity contribution in [2.45, 2.75) is 32.2 Å². The first-order chi connectivity index (χ1) is 15.7. The molecule has 176 valence electrons. The van der Waals surface area contributed by atoms with Crippen LogP contribution in [0.25, 0.3) is 0 Å². The number of amides is 3. The molecule has 2 heterocycles.